The van der Waals surface area contributed by atoms with Gasteiger partial charge >= 0.3 is 0 Å². The van der Waals surface area contributed by atoms with E-state index < -0.39 is 0 Å². The number of aromatic nitrogens is 1. The minimum atomic E-state index is 0.459. The second-order valence-electron chi connectivity index (χ2n) is 1.70. The van der Waals surface area contributed by atoms with Gasteiger partial charge in [0.2, 0.25) is 0 Å². The lowest BCUT2D eigenvalue weighted by Crippen LogP contribution is -2.23. The highest BCUT2D eigenvalue weighted by Gasteiger charge is 1.89. The maximum atomic E-state index is 10.4. The lowest BCUT2D eigenvalue weighted by molar-refractivity contribution is -0.605. The topological polar surface area (TPSA) is 26.9 Å². The molecule has 0 saturated heterocycles. The molecule has 1 aromatic heterocycles. The molecular formula is C6H6ClNO. The van der Waals surface area contributed by atoms with Crippen LogP contribution in [0.5, 0.6) is 0 Å². The minimum Gasteiger partial charge on any atom is -0.619 e. The van der Waals surface area contributed by atoms with Crippen molar-refractivity contribution in [2.75, 3.05) is 0 Å². The Kier molecular flexibility index (Phi) is 1.90. The smallest absolute Gasteiger partial charge is 0.180 e. The lowest BCUT2D eigenvalue weighted by atomic mass is 10.3. The fourth-order valence-electron chi connectivity index (χ4n) is 0.533. The molecular weight excluding hydrogens is 138 g/mol. The standard InChI is InChI=1S/C6H6ClNO/c7-5-6-1-3-8(9)4-2-6/h1-4H,5H2. The van der Waals surface area contributed by atoms with Crippen molar-refractivity contribution in [2.45, 2.75) is 5.88 Å². The number of hydrogen-bond donors (Lipinski definition) is 0. The van der Waals surface area contributed by atoms with Crippen molar-refractivity contribution >= 4 is 11.6 Å². The maximum Gasteiger partial charge on any atom is 0.180 e. The van der Waals surface area contributed by atoms with Gasteiger partial charge in [0.15, 0.2) is 12.4 Å². The zero-order valence-corrected chi connectivity index (χ0v) is 5.51. The fourth-order valence-corrected chi connectivity index (χ4v) is 0.711. The summed E-state index contributed by atoms with van der Waals surface area (Å²) in [7, 11) is 0. The first-order valence-corrected chi connectivity index (χ1v) is 3.10. The number of rotatable bonds is 1. The van der Waals surface area contributed by atoms with E-state index in [0.29, 0.717) is 5.88 Å². The van der Waals surface area contributed by atoms with Crippen molar-refractivity contribution in [2.24, 2.45) is 0 Å². The molecule has 2 nitrogen and oxygen atoms in total. The second kappa shape index (κ2) is 2.69. The Bertz CT molecular complexity index is 185. The summed E-state index contributed by atoms with van der Waals surface area (Å²) in [5, 5.41) is 10.4. The molecule has 0 amide bonds. The summed E-state index contributed by atoms with van der Waals surface area (Å²) < 4.78 is 0.732. The first-order chi connectivity index (χ1) is 4.33. The van der Waals surface area contributed by atoms with Gasteiger partial charge in [-0.05, 0) is 5.56 Å². The van der Waals surface area contributed by atoms with Gasteiger partial charge in [-0.3, -0.25) is 0 Å². The van der Waals surface area contributed by atoms with E-state index in [1.807, 2.05) is 0 Å². The summed E-state index contributed by atoms with van der Waals surface area (Å²) >= 11 is 5.47. The highest BCUT2D eigenvalue weighted by molar-refractivity contribution is 6.17. The minimum absolute atomic E-state index is 0.459. The van der Waals surface area contributed by atoms with E-state index in [4.69, 9.17) is 11.6 Å². The second-order valence-corrected chi connectivity index (χ2v) is 1.97. The summed E-state index contributed by atoms with van der Waals surface area (Å²) in [4.78, 5) is 0. The molecule has 0 bridgehead atoms. The Morgan fingerprint density at radius 2 is 2.00 bits per heavy atom. The normalized spacial score (nSPS) is 9.44. The average molecular weight is 144 g/mol. The summed E-state index contributed by atoms with van der Waals surface area (Å²) in [6, 6.07) is 3.39. The molecule has 0 atom stereocenters. The van der Waals surface area contributed by atoms with Crippen LogP contribution in [0.2, 0.25) is 0 Å². The third-order valence-electron chi connectivity index (χ3n) is 1.03. The Hall–Kier alpha value is -0.760. The summed E-state index contributed by atoms with van der Waals surface area (Å²) in [5.41, 5.74) is 0.962. The van der Waals surface area contributed by atoms with Gasteiger partial charge in [0.05, 0.1) is 0 Å². The van der Waals surface area contributed by atoms with Gasteiger partial charge in [0.25, 0.3) is 0 Å². The lowest BCUT2D eigenvalue weighted by Gasteiger charge is -1.94. The van der Waals surface area contributed by atoms with Crippen LogP contribution in [-0.4, -0.2) is 0 Å². The predicted octanol–water partition coefficient (Wildman–Crippen LogP) is 1.06. The van der Waals surface area contributed by atoms with Crippen LogP contribution in [0.15, 0.2) is 24.5 Å². The van der Waals surface area contributed by atoms with E-state index in [2.05, 4.69) is 0 Å². The molecule has 0 saturated carbocycles. The molecule has 9 heavy (non-hydrogen) atoms. The molecule has 0 N–H and O–H groups in total. The van der Waals surface area contributed by atoms with Crippen molar-refractivity contribution in [3.05, 3.63) is 35.3 Å². The third kappa shape index (κ3) is 1.57. The Labute approximate surface area is 58.3 Å². The number of halogens is 1. The average Bonchev–Trinajstić information content (AvgIpc) is 1.90. The number of nitrogens with zero attached hydrogens (tertiary/aromatic N) is 1. The van der Waals surface area contributed by atoms with E-state index in [9.17, 15) is 5.21 Å². The van der Waals surface area contributed by atoms with Crippen LogP contribution in [0.3, 0.4) is 0 Å². The molecule has 1 aromatic rings. The third-order valence-corrected chi connectivity index (χ3v) is 1.33. The fraction of sp³-hybridized carbons (Fsp3) is 0.167. The predicted molar refractivity (Wildman–Crippen MR) is 35.0 cm³/mol. The largest absolute Gasteiger partial charge is 0.619 e. The van der Waals surface area contributed by atoms with Crippen LogP contribution >= 0.6 is 11.6 Å². The van der Waals surface area contributed by atoms with Gasteiger partial charge in [-0.25, -0.2) is 0 Å². The number of pyridine rings is 1. The van der Waals surface area contributed by atoms with Crippen molar-refractivity contribution in [3.8, 4) is 0 Å². The zero-order chi connectivity index (χ0) is 6.69. The van der Waals surface area contributed by atoms with E-state index in [1.54, 1.807) is 12.1 Å². The molecule has 0 fully saturated rings. The highest BCUT2D eigenvalue weighted by Crippen LogP contribution is 1.97. The van der Waals surface area contributed by atoms with Crippen molar-refractivity contribution in [1.29, 1.82) is 0 Å². The Morgan fingerprint density at radius 1 is 1.44 bits per heavy atom. The van der Waals surface area contributed by atoms with Gasteiger partial charge in [0, 0.05) is 18.0 Å². The molecule has 0 aliphatic heterocycles. The van der Waals surface area contributed by atoms with Crippen LogP contribution in [0.4, 0.5) is 0 Å². The molecule has 0 spiro atoms. The molecule has 1 rings (SSSR count). The van der Waals surface area contributed by atoms with Crippen LogP contribution in [0.1, 0.15) is 5.56 Å². The molecule has 3 heteroatoms. The van der Waals surface area contributed by atoms with E-state index in [0.717, 1.165) is 10.3 Å². The maximum absolute atomic E-state index is 10.4. The van der Waals surface area contributed by atoms with Crippen molar-refractivity contribution in [1.82, 2.24) is 0 Å². The van der Waals surface area contributed by atoms with Crippen LogP contribution in [0, 0.1) is 5.21 Å². The van der Waals surface area contributed by atoms with E-state index >= 15 is 0 Å². The van der Waals surface area contributed by atoms with E-state index in [-0.39, 0.29) is 0 Å². The number of alkyl halides is 1. The molecule has 48 valence electrons. The van der Waals surface area contributed by atoms with Crippen LogP contribution < -0.4 is 4.73 Å². The summed E-state index contributed by atoms with van der Waals surface area (Å²) in [6.45, 7) is 0. The van der Waals surface area contributed by atoms with E-state index in [1.165, 1.54) is 12.4 Å². The summed E-state index contributed by atoms with van der Waals surface area (Å²) in [6.07, 6.45) is 2.86. The molecule has 1 heterocycles. The Balaban J connectivity index is 2.88. The first-order valence-electron chi connectivity index (χ1n) is 2.56. The monoisotopic (exact) mass is 143 g/mol. The van der Waals surface area contributed by atoms with Crippen LogP contribution in [-0.2, 0) is 5.88 Å². The van der Waals surface area contributed by atoms with Gasteiger partial charge in [-0.15, -0.1) is 11.6 Å². The van der Waals surface area contributed by atoms with Gasteiger partial charge in [-0.2, -0.15) is 4.73 Å². The highest BCUT2D eigenvalue weighted by atomic mass is 35.5. The Morgan fingerprint density at radius 3 is 2.44 bits per heavy atom. The SMILES string of the molecule is [O-][n+]1ccc(CCl)cc1. The zero-order valence-electron chi connectivity index (χ0n) is 4.75. The molecule has 0 unspecified atom stereocenters. The van der Waals surface area contributed by atoms with Gasteiger partial charge < -0.3 is 5.21 Å². The molecule has 0 aliphatic carbocycles. The quantitative estimate of drug-likeness (QED) is 0.328. The summed E-state index contributed by atoms with van der Waals surface area (Å²) in [5.74, 6) is 0.459. The first kappa shape index (κ1) is 6.36. The number of hydrogen-bond acceptors (Lipinski definition) is 1. The molecule has 0 radical (unpaired) electrons. The molecule has 0 aromatic carbocycles. The van der Waals surface area contributed by atoms with Gasteiger partial charge in [0.1, 0.15) is 0 Å². The van der Waals surface area contributed by atoms with Gasteiger partial charge in [-0.1, -0.05) is 0 Å². The van der Waals surface area contributed by atoms with Crippen molar-refractivity contribution < 1.29 is 4.73 Å². The van der Waals surface area contributed by atoms with Crippen LogP contribution in [0.25, 0.3) is 0 Å². The van der Waals surface area contributed by atoms with Crippen molar-refractivity contribution in [3.63, 3.8) is 0 Å². The molecule has 0 aliphatic rings.